The average Bonchev–Trinajstić information content (AvgIpc) is 3.30. The molecule has 0 heterocycles. The fourth-order valence-corrected chi connectivity index (χ4v) is 7.02. The number of hydrogen-bond donors (Lipinski definition) is 0. The lowest BCUT2D eigenvalue weighted by atomic mass is 10.1. The third-order valence-corrected chi connectivity index (χ3v) is 11.0. The van der Waals surface area contributed by atoms with Gasteiger partial charge in [0.2, 0.25) is 0 Å². The van der Waals surface area contributed by atoms with E-state index in [0.29, 0.717) is 19.3 Å². The van der Waals surface area contributed by atoms with Crippen LogP contribution in [-0.2, 0) is 28.6 Å². The first kappa shape index (κ1) is 61.3. The molecular weight excluding hydrogens is 805 g/mol. The summed E-state index contributed by atoms with van der Waals surface area (Å²) in [6.07, 6.45) is 69.6. The molecule has 0 spiro atoms. The molecular formula is C59H98O6. The maximum absolute atomic E-state index is 12.8. The topological polar surface area (TPSA) is 78.9 Å². The molecule has 0 aliphatic rings. The van der Waals surface area contributed by atoms with Gasteiger partial charge in [-0.15, -0.1) is 0 Å². The Morgan fingerprint density at radius 1 is 0.323 bits per heavy atom. The van der Waals surface area contributed by atoms with E-state index in [1.54, 1.807) is 0 Å². The Morgan fingerprint density at radius 2 is 0.600 bits per heavy atom. The average molecular weight is 903 g/mol. The summed E-state index contributed by atoms with van der Waals surface area (Å²) in [6, 6.07) is 0. The molecule has 0 rings (SSSR count). The van der Waals surface area contributed by atoms with Gasteiger partial charge in [-0.2, -0.15) is 0 Å². The molecule has 1 atom stereocenters. The maximum Gasteiger partial charge on any atom is 0.306 e. The molecule has 0 aromatic heterocycles. The Balaban J connectivity index is 4.52. The van der Waals surface area contributed by atoms with Gasteiger partial charge in [-0.05, 0) is 122 Å². The number of carbonyl (C=O) groups is 3. The summed E-state index contributed by atoms with van der Waals surface area (Å²) in [4.78, 5) is 38.0. The molecule has 0 aromatic carbocycles. The van der Waals surface area contributed by atoms with Gasteiger partial charge >= 0.3 is 17.9 Å². The lowest BCUT2D eigenvalue weighted by Crippen LogP contribution is -2.30. The third kappa shape index (κ3) is 51.2. The first-order valence-electron chi connectivity index (χ1n) is 26.7. The summed E-state index contributed by atoms with van der Waals surface area (Å²) < 4.78 is 16.7. The van der Waals surface area contributed by atoms with E-state index < -0.39 is 6.10 Å². The van der Waals surface area contributed by atoms with Crippen LogP contribution in [0.1, 0.15) is 239 Å². The normalized spacial score (nSPS) is 12.8. The molecule has 0 radical (unpaired) electrons. The highest BCUT2D eigenvalue weighted by atomic mass is 16.6. The van der Waals surface area contributed by atoms with Crippen molar-refractivity contribution in [3.05, 3.63) is 97.2 Å². The van der Waals surface area contributed by atoms with Gasteiger partial charge in [0.25, 0.3) is 0 Å². The van der Waals surface area contributed by atoms with Crippen LogP contribution in [0.4, 0.5) is 0 Å². The molecule has 0 fully saturated rings. The highest BCUT2D eigenvalue weighted by molar-refractivity contribution is 5.71. The number of esters is 3. The summed E-state index contributed by atoms with van der Waals surface area (Å²) in [5.41, 5.74) is 0. The van der Waals surface area contributed by atoms with Crippen molar-refractivity contribution in [1.82, 2.24) is 0 Å². The van der Waals surface area contributed by atoms with Crippen molar-refractivity contribution in [1.29, 1.82) is 0 Å². The van der Waals surface area contributed by atoms with E-state index in [4.69, 9.17) is 14.2 Å². The van der Waals surface area contributed by atoms with Crippen LogP contribution >= 0.6 is 0 Å². The van der Waals surface area contributed by atoms with Gasteiger partial charge in [0.15, 0.2) is 6.10 Å². The Morgan fingerprint density at radius 3 is 1.02 bits per heavy atom. The van der Waals surface area contributed by atoms with Crippen LogP contribution in [0.25, 0.3) is 0 Å². The molecule has 0 aliphatic carbocycles. The van der Waals surface area contributed by atoms with Gasteiger partial charge in [-0.25, -0.2) is 0 Å². The molecule has 0 saturated heterocycles. The molecule has 370 valence electrons. The van der Waals surface area contributed by atoms with E-state index in [2.05, 4.69) is 118 Å². The highest BCUT2D eigenvalue weighted by Crippen LogP contribution is 2.13. The minimum Gasteiger partial charge on any atom is -0.462 e. The predicted molar refractivity (Wildman–Crippen MR) is 279 cm³/mol. The zero-order valence-electron chi connectivity index (χ0n) is 42.2. The van der Waals surface area contributed by atoms with Crippen molar-refractivity contribution in [2.24, 2.45) is 0 Å². The van der Waals surface area contributed by atoms with Crippen molar-refractivity contribution in [3.63, 3.8) is 0 Å². The number of allylic oxidation sites excluding steroid dienone is 16. The lowest BCUT2D eigenvalue weighted by Gasteiger charge is -2.18. The number of carbonyl (C=O) groups excluding carboxylic acids is 3. The highest BCUT2D eigenvalue weighted by Gasteiger charge is 2.19. The van der Waals surface area contributed by atoms with E-state index in [1.165, 1.54) is 103 Å². The molecule has 6 nitrogen and oxygen atoms in total. The number of hydrogen-bond acceptors (Lipinski definition) is 6. The largest absolute Gasteiger partial charge is 0.462 e. The Hall–Kier alpha value is -3.67. The number of unbranched alkanes of at least 4 members (excludes halogenated alkanes) is 20. The van der Waals surface area contributed by atoms with E-state index >= 15 is 0 Å². The number of ether oxygens (including phenoxy) is 3. The maximum atomic E-state index is 12.8. The lowest BCUT2D eigenvalue weighted by molar-refractivity contribution is -0.167. The quantitative estimate of drug-likeness (QED) is 0.0262. The molecule has 0 bridgehead atoms. The number of rotatable bonds is 47. The van der Waals surface area contributed by atoms with Crippen LogP contribution in [0.2, 0.25) is 0 Å². The SMILES string of the molecule is CC/C=C\C/C=C\C/C=C\C/C=C\CCCCC(=O)OC[C@H](COC(=O)CCCC/C=C\C/C=C\C/C=C\CCCCC)OC(=O)CCCCCCCCC/C=C\CCCCCCCC. The first-order chi connectivity index (χ1) is 32.0. The summed E-state index contributed by atoms with van der Waals surface area (Å²) in [5, 5.41) is 0. The van der Waals surface area contributed by atoms with Crippen LogP contribution in [0.3, 0.4) is 0 Å². The molecule has 0 saturated carbocycles. The second-order valence-electron chi connectivity index (χ2n) is 17.4. The predicted octanol–water partition coefficient (Wildman–Crippen LogP) is 17.8. The van der Waals surface area contributed by atoms with Crippen molar-refractivity contribution in [2.75, 3.05) is 13.2 Å². The van der Waals surface area contributed by atoms with Crippen LogP contribution in [0.5, 0.6) is 0 Å². The summed E-state index contributed by atoms with van der Waals surface area (Å²) >= 11 is 0. The second-order valence-corrected chi connectivity index (χ2v) is 17.4. The zero-order valence-corrected chi connectivity index (χ0v) is 42.2. The van der Waals surface area contributed by atoms with Gasteiger partial charge in [-0.1, -0.05) is 195 Å². The monoisotopic (exact) mass is 903 g/mol. The van der Waals surface area contributed by atoms with Crippen molar-refractivity contribution in [3.8, 4) is 0 Å². The van der Waals surface area contributed by atoms with E-state index in [1.807, 2.05) is 0 Å². The fraction of sp³-hybridized carbons (Fsp3) is 0.678. The molecule has 0 aliphatic heterocycles. The summed E-state index contributed by atoms with van der Waals surface area (Å²) in [7, 11) is 0. The van der Waals surface area contributed by atoms with E-state index in [0.717, 1.165) is 96.3 Å². The second kappa shape index (κ2) is 52.9. The van der Waals surface area contributed by atoms with E-state index in [9.17, 15) is 14.4 Å². The smallest absolute Gasteiger partial charge is 0.306 e. The minimum atomic E-state index is -0.813. The van der Waals surface area contributed by atoms with Gasteiger partial charge in [0, 0.05) is 19.3 Å². The van der Waals surface area contributed by atoms with Crippen molar-refractivity contribution >= 4 is 17.9 Å². The molecule has 0 unspecified atom stereocenters. The van der Waals surface area contributed by atoms with E-state index in [-0.39, 0.29) is 31.1 Å². The van der Waals surface area contributed by atoms with Crippen molar-refractivity contribution in [2.45, 2.75) is 245 Å². The molecule has 6 heteroatoms. The Bertz CT molecular complexity index is 1310. The molecule has 0 amide bonds. The third-order valence-electron chi connectivity index (χ3n) is 11.0. The van der Waals surface area contributed by atoms with Gasteiger partial charge < -0.3 is 14.2 Å². The van der Waals surface area contributed by atoms with Gasteiger partial charge in [0.1, 0.15) is 13.2 Å². The van der Waals surface area contributed by atoms with Crippen LogP contribution in [-0.4, -0.2) is 37.2 Å². The van der Waals surface area contributed by atoms with Gasteiger partial charge in [0.05, 0.1) is 0 Å². The minimum absolute atomic E-state index is 0.113. The molecule has 0 N–H and O–H groups in total. The van der Waals surface area contributed by atoms with Crippen LogP contribution < -0.4 is 0 Å². The van der Waals surface area contributed by atoms with Crippen LogP contribution in [0.15, 0.2) is 97.2 Å². The fourth-order valence-electron chi connectivity index (χ4n) is 7.02. The van der Waals surface area contributed by atoms with Gasteiger partial charge in [-0.3, -0.25) is 14.4 Å². The Kier molecular flexibility index (Phi) is 50.0. The standard InChI is InChI=1S/C59H98O6/c1-4-7-10-13-16-19-22-25-28-29-32-35-38-41-44-47-50-53-59(62)65-56(54-63-57(60)51-48-45-42-39-36-33-30-26-23-20-17-14-11-8-5-2)55-64-58(61)52-49-46-43-40-37-34-31-27-24-21-18-15-12-9-6-3/h8,11,17-18,20-21,25-28,30-31,36-37,39-40,56H,4-7,9-10,12-16,19,22-24,29,32-35,38,41-55H2,1-3H3/b11-8-,20-17-,21-18-,28-25-,30-26-,31-27-,39-36-,40-37-/t56-/m1/s1. The zero-order chi connectivity index (χ0) is 47.2. The summed E-state index contributed by atoms with van der Waals surface area (Å²) in [6.45, 7) is 6.41. The summed E-state index contributed by atoms with van der Waals surface area (Å²) in [5.74, 6) is -0.995. The molecule has 0 aromatic rings. The van der Waals surface area contributed by atoms with Crippen LogP contribution in [0, 0.1) is 0 Å². The van der Waals surface area contributed by atoms with Crippen molar-refractivity contribution < 1.29 is 28.6 Å². The first-order valence-corrected chi connectivity index (χ1v) is 26.7. The molecule has 65 heavy (non-hydrogen) atoms. The Labute approximate surface area is 400 Å².